The Labute approximate surface area is 144 Å². The number of aliphatic hydroxyl groups is 1. The van der Waals surface area contributed by atoms with E-state index in [1.165, 1.54) is 11.3 Å². The molecule has 3 N–H and O–H groups in total. The van der Waals surface area contributed by atoms with Crippen LogP contribution < -0.4 is 10.6 Å². The Bertz CT molecular complexity index is 502. The van der Waals surface area contributed by atoms with Gasteiger partial charge in [-0.3, -0.25) is 9.59 Å². The number of aliphatic hydroxyl groups excluding tert-OH is 1. The summed E-state index contributed by atoms with van der Waals surface area (Å²) in [4.78, 5) is 24.8. The Morgan fingerprint density at radius 1 is 1.26 bits per heavy atom. The number of thiophene rings is 1. The van der Waals surface area contributed by atoms with E-state index in [-0.39, 0.29) is 13.2 Å². The van der Waals surface area contributed by atoms with Crippen LogP contribution in [0, 0.1) is 0 Å². The number of carbonyl (C=O) groups excluding carboxylic acids is 2. The first-order valence-electron chi connectivity index (χ1n) is 7.56. The van der Waals surface area contributed by atoms with Crippen LogP contribution in [-0.2, 0) is 20.9 Å². The van der Waals surface area contributed by atoms with Crippen LogP contribution in [0.25, 0.3) is 0 Å². The molecule has 1 fully saturated rings. The monoisotopic (exact) mass is 358 g/mol. The number of hydrogen-bond donors (Lipinski definition) is 3. The molecule has 0 aliphatic carbocycles. The number of nitrogens with one attached hydrogen (secondary N) is 2. The van der Waals surface area contributed by atoms with E-state index in [9.17, 15) is 9.59 Å². The molecule has 6 nitrogen and oxygen atoms in total. The number of hydrogen-bond acceptors (Lipinski definition) is 6. The topological polar surface area (TPSA) is 87.7 Å². The Morgan fingerprint density at radius 2 is 2.00 bits per heavy atom. The molecule has 1 saturated heterocycles. The Kier molecular flexibility index (Phi) is 7.35. The van der Waals surface area contributed by atoms with Crippen LogP contribution in [0.5, 0.6) is 0 Å². The maximum atomic E-state index is 11.9. The average Bonchev–Trinajstić information content (AvgIpc) is 3.10. The zero-order chi connectivity index (χ0) is 16.5. The van der Waals surface area contributed by atoms with Gasteiger partial charge in [0.05, 0.1) is 25.4 Å². The number of carbonyl (C=O) groups is 2. The SMILES string of the molecule is O=C(NCc1cccs1)C(=O)NCC1(OCCO)CCSCC1. The van der Waals surface area contributed by atoms with Gasteiger partial charge in [0.2, 0.25) is 0 Å². The van der Waals surface area contributed by atoms with E-state index in [1.54, 1.807) is 0 Å². The van der Waals surface area contributed by atoms with E-state index in [2.05, 4.69) is 10.6 Å². The highest BCUT2D eigenvalue weighted by Crippen LogP contribution is 2.29. The zero-order valence-corrected chi connectivity index (χ0v) is 14.5. The predicted octanol–water partition coefficient (Wildman–Crippen LogP) is 0.755. The van der Waals surface area contributed by atoms with Gasteiger partial charge in [-0.1, -0.05) is 6.07 Å². The maximum absolute atomic E-state index is 11.9. The quantitative estimate of drug-likeness (QED) is 0.626. The van der Waals surface area contributed by atoms with Crippen molar-refractivity contribution >= 4 is 34.9 Å². The van der Waals surface area contributed by atoms with Gasteiger partial charge in [0.1, 0.15) is 0 Å². The molecule has 0 spiro atoms. The summed E-state index contributed by atoms with van der Waals surface area (Å²) in [6.07, 6.45) is 1.60. The average molecular weight is 358 g/mol. The van der Waals surface area contributed by atoms with Crippen molar-refractivity contribution in [1.82, 2.24) is 10.6 Å². The largest absolute Gasteiger partial charge is 0.394 e. The van der Waals surface area contributed by atoms with Gasteiger partial charge in [-0.05, 0) is 35.8 Å². The van der Waals surface area contributed by atoms with Gasteiger partial charge in [-0.25, -0.2) is 0 Å². The minimum absolute atomic E-state index is 0.0514. The van der Waals surface area contributed by atoms with Crippen LogP contribution in [0.3, 0.4) is 0 Å². The molecule has 0 bridgehead atoms. The molecule has 0 unspecified atom stereocenters. The first-order chi connectivity index (χ1) is 11.2. The molecule has 0 saturated carbocycles. The lowest BCUT2D eigenvalue weighted by molar-refractivity contribution is -0.140. The van der Waals surface area contributed by atoms with Gasteiger partial charge in [-0.2, -0.15) is 11.8 Å². The van der Waals surface area contributed by atoms with E-state index in [0.717, 1.165) is 29.2 Å². The van der Waals surface area contributed by atoms with Crippen molar-refractivity contribution in [1.29, 1.82) is 0 Å². The summed E-state index contributed by atoms with van der Waals surface area (Å²) in [5.74, 6) is 0.616. The van der Waals surface area contributed by atoms with Gasteiger partial charge in [0.15, 0.2) is 0 Å². The molecule has 23 heavy (non-hydrogen) atoms. The molecular weight excluding hydrogens is 336 g/mol. The van der Waals surface area contributed by atoms with Gasteiger partial charge in [0, 0.05) is 11.4 Å². The molecule has 0 atom stereocenters. The van der Waals surface area contributed by atoms with Crippen molar-refractivity contribution in [2.45, 2.75) is 25.0 Å². The number of amides is 2. The van der Waals surface area contributed by atoms with Gasteiger partial charge < -0.3 is 20.5 Å². The van der Waals surface area contributed by atoms with Crippen molar-refractivity contribution in [3.05, 3.63) is 22.4 Å². The van der Waals surface area contributed by atoms with Crippen LogP contribution in [0.2, 0.25) is 0 Å². The minimum atomic E-state index is -0.647. The minimum Gasteiger partial charge on any atom is -0.394 e. The van der Waals surface area contributed by atoms with E-state index in [0.29, 0.717) is 13.1 Å². The van der Waals surface area contributed by atoms with Gasteiger partial charge >= 0.3 is 11.8 Å². The van der Waals surface area contributed by atoms with E-state index in [4.69, 9.17) is 9.84 Å². The second kappa shape index (κ2) is 9.27. The lowest BCUT2D eigenvalue weighted by Crippen LogP contribution is -2.50. The summed E-state index contributed by atoms with van der Waals surface area (Å²) >= 11 is 3.37. The maximum Gasteiger partial charge on any atom is 0.309 e. The van der Waals surface area contributed by atoms with Crippen molar-refractivity contribution in [2.75, 3.05) is 31.3 Å². The smallest absolute Gasteiger partial charge is 0.309 e. The van der Waals surface area contributed by atoms with Crippen LogP contribution >= 0.6 is 23.1 Å². The van der Waals surface area contributed by atoms with Crippen LogP contribution in [0.4, 0.5) is 0 Å². The molecule has 1 aromatic rings. The fourth-order valence-corrected chi connectivity index (χ4v) is 4.24. The lowest BCUT2D eigenvalue weighted by Gasteiger charge is -2.36. The Morgan fingerprint density at radius 3 is 2.65 bits per heavy atom. The van der Waals surface area contributed by atoms with Crippen LogP contribution in [0.1, 0.15) is 17.7 Å². The molecule has 0 aromatic carbocycles. The fourth-order valence-electron chi connectivity index (χ4n) is 2.36. The molecule has 1 aromatic heterocycles. The molecule has 1 aliphatic rings. The molecule has 1 aliphatic heterocycles. The zero-order valence-electron chi connectivity index (χ0n) is 12.9. The predicted molar refractivity (Wildman–Crippen MR) is 91.5 cm³/mol. The number of thioether (sulfide) groups is 1. The molecule has 0 radical (unpaired) electrons. The van der Waals surface area contributed by atoms with E-state index < -0.39 is 17.4 Å². The summed E-state index contributed by atoms with van der Waals surface area (Å²) in [6.45, 7) is 0.834. The molecular formula is C15H22N2O4S2. The summed E-state index contributed by atoms with van der Waals surface area (Å²) in [7, 11) is 0. The highest BCUT2D eigenvalue weighted by atomic mass is 32.2. The van der Waals surface area contributed by atoms with E-state index >= 15 is 0 Å². The lowest BCUT2D eigenvalue weighted by atomic mass is 9.96. The Balaban J connectivity index is 1.79. The third-order valence-electron chi connectivity index (χ3n) is 3.68. The van der Waals surface area contributed by atoms with Crippen molar-refractivity contribution in [3.8, 4) is 0 Å². The second-order valence-electron chi connectivity index (χ2n) is 5.31. The third-order valence-corrected chi connectivity index (χ3v) is 5.55. The summed E-state index contributed by atoms with van der Waals surface area (Å²) in [6, 6.07) is 3.80. The van der Waals surface area contributed by atoms with Crippen LogP contribution in [-0.4, -0.2) is 53.8 Å². The van der Waals surface area contributed by atoms with Crippen molar-refractivity contribution in [3.63, 3.8) is 0 Å². The summed E-state index contributed by atoms with van der Waals surface area (Å²) in [5, 5.41) is 16.1. The van der Waals surface area contributed by atoms with Crippen molar-refractivity contribution in [2.24, 2.45) is 0 Å². The van der Waals surface area contributed by atoms with Crippen LogP contribution in [0.15, 0.2) is 17.5 Å². The highest BCUT2D eigenvalue weighted by molar-refractivity contribution is 7.99. The summed E-state index contributed by atoms with van der Waals surface area (Å²) in [5.41, 5.74) is -0.475. The fraction of sp³-hybridized carbons (Fsp3) is 0.600. The standard InChI is InChI=1S/C15H22N2O4S2/c18-5-6-21-15(3-8-22-9-4-15)11-17-14(20)13(19)16-10-12-2-1-7-23-12/h1-2,7,18H,3-6,8-11H2,(H,16,19)(H,17,20). The molecule has 2 rings (SSSR count). The molecule has 128 valence electrons. The first-order valence-corrected chi connectivity index (χ1v) is 9.60. The first kappa shape index (κ1) is 18.3. The summed E-state index contributed by atoms with van der Waals surface area (Å²) < 4.78 is 5.76. The second-order valence-corrected chi connectivity index (χ2v) is 7.57. The van der Waals surface area contributed by atoms with Gasteiger partial charge in [-0.15, -0.1) is 11.3 Å². The number of ether oxygens (including phenoxy) is 1. The molecule has 8 heteroatoms. The highest BCUT2D eigenvalue weighted by Gasteiger charge is 2.34. The Hall–Kier alpha value is -1.09. The normalized spacial score (nSPS) is 16.7. The molecule has 2 heterocycles. The molecule has 2 amide bonds. The third kappa shape index (κ3) is 5.80. The van der Waals surface area contributed by atoms with Crippen molar-refractivity contribution < 1.29 is 19.4 Å². The van der Waals surface area contributed by atoms with Gasteiger partial charge in [0.25, 0.3) is 0 Å². The van der Waals surface area contributed by atoms with E-state index in [1.807, 2.05) is 29.3 Å². The number of rotatable bonds is 7.